The second-order valence-electron chi connectivity index (χ2n) is 9.66. The Balaban J connectivity index is 1.74. The van der Waals surface area contributed by atoms with Gasteiger partial charge in [0, 0.05) is 23.7 Å². The number of halogens is 2. The highest BCUT2D eigenvalue weighted by molar-refractivity contribution is 5.94. The highest BCUT2D eigenvalue weighted by Crippen LogP contribution is 2.32. The Morgan fingerprint density at radius 3 is 2.75 bits per heavy atom. The number of ether oxygens (including phenoxy) is 2. The number of nitrogens with zero attached hydrogens (tertiary/aromatic N) is 5. The minimum absolute atomic E-state index is 0.0187. The number of hydrogen-bond donors (Lipinski definition) is 2. The molecule has 0 fully saturated rings. The minimum Gasteiger partial charge on any atom is -0.435 e. The first-order chi connectivity index (χ1) is 17.0. The molecule has 2 N–H and O–H groups in total. The Morgan fingerprint density at radius 2 is 2.06 bits per heavy atom. The predicted molar refractivity (Wildman–Crippen MR) is 131 cm³/mol. The van der Waals surface area contributed by atoms with E-state index in [9.17, 15) is 13.6 Å². The van der Waals surface area contributed by atoms with E-state index in [1.54, 1.807) is 6.07 Å². The predicted octanol–water partition coefficient (Wildman–Crippen LogP) is 4.41. The molecule has 12 heteroatoms. The summed E-state index contributed by atoms with van der Waals surface area (Å²) in [5.74, 6) is 0.225. The Hall–Kier alpha value is -3.80. The van der Waals surface area contributed by atoms with Crippen LogP contribution in [0, 0.1) is 0 Å². The third kappa shape index (κ3) is 5.88. The molecule has 192 valence electrons. The van der Waals surface area contributed by atoms with Crippen molar-refractivity contribution in [2.75, 3.05) is 20.6 Å². The number of H-pyrrole nitrogens is 1. The van der Waals surface area contributed by atoms with E-state index in [1.165, 1.54) is 24.5 Å². The summed E-state index contributed by atoms with van der Waals surface area (Å²) in [6.45, 7) is 4.05. The van der Waals surface area contributed by atoms with Gasteiger partial charge in [-0.1, -0.05) is 0 Å². The molecule has 0 spiro atoms. The van der Waals surface area contributed by atoms with Gasteiger partial charge in [-0.2, -0.15) is 13.9 Å². The molecule has 0 aliphatic heterocycles. The number of amides is 1. The summed E-state index contributed by atoms with van der Waals surface area (Å²) >= 11 is 0. The largest absolute Gasteiger partial charge is 0.435 e. The van der Waals surface area contributed by atoms with Gasteiger partial charge in [0.1, 0.15) is 17.1 Å². The molecule has 1 aromatic carbocycles. The van der Waals surface area contributed by atoms with Gasteiger partial charge in [0.05, 0.1) is 11.7 Å². The zero-order valence-electron chi connectivity index (χ0n) is 20.8. The number of carbonyl (C=O) groups is 1. The van der Waals surface area contributed by atoms with E-state index >= 15 is 0 Å². The van der Waals surface area contributed by atoms with Gasteiger partial charge >= 0.3 is 12.7 Å². The lowest BCUT2D eigenvalue weighted by Crippen LogP contribution is -2.42. The third-order valence-electron chi connectivity index (χ3n) is 5.19. The third-order valence-corrected chi connectivity index (χ3v) is 5.19. The van der Waals surface area contributed by atoms with Crippen molar-refractivity contribution in [3.05, 3.63) is 30.6 Å². The Kier molecular flexibility index (Phi) is 7.07. The summed E-state index contributed by atoms with van der Waals surface area (Å²) in [4.78, 5) is 26.3. The number of aromatic amines is 1. The summed E-state index contributed by atoms with van der Waals surface area (Å²) in [6.07, 6.45) is 3.25. The van der Waals surface area contributed by atoms with Gasteiger partial charge in [0.15, 0.2) is 16.9 Å². The van der Waals surface area contributed by atoms with Crippen molar-refractivity contribution < 1.29 is 23.0 Å². The summed E-state index contributed by atoms with van der Waals surface area (Å²) in [5, 5.41) is 8.05. The summed E-state index contributed by atoms with van der Waals surface area (Å²) in [7, 11) is 3.98. The number of hydrogen-bond acceptors (Lipinski definition) is 7. The SMILES string of the molecule is CN(C)CCCn1nc(-c2cnc3[nH]cc(OC(=O)NC(C)(C)C)c3n2)c2cc(OC(F)F)ccc21. The van der Waals surface area contributed by atoms with Crippen LogP contribution in [0.2, 0.25) is 0 Å². The monoisotopic (exact) mass is 501 g/mol. The van der Waals surface area contributed by atoms with Crippen molar-refractivity contribution in [3.63, 3.8) is 0 Å². The molecule has 0 aliphatic carbocycles. The average Bonchev–Trinajstić information content (AvgIpc) is 3.32. The maximum atomic E-state index is 12.9. The van der Waals surface area contributed by atoms with Crippen molar-refractivity contribution in [1.29, 1.82) is 0 Å². The molecule has 0 atom stereocenters. The van der Waals surface area contributed by atoms with Crippen LogP contribution in [0.1, 0.15) is 27.2 Å². The number of aryl methyl sites for hydroxylation is 1. The van der Waals surface area contributed by atoms with Crippen LogP contribution in [0.15, 0.2) is 30.6 Å². The topological polar surface area (TPSA) is 110 Å². The lowest BCUT2D eigenvalue weighted by molar-refractivity contribution is -0.0497. The molecule has 0 bridgehead atoms. The quantitative estimate of drug-likeness (QED) is 0.368. The summed E-state index contributed by atoms with van der Waals surface area (Å²) < 4.78 is 37.6. The van der Waals surface area contributed by atoms with Crippen LogP contribution in [0.25, 0.3) is 33.5 Å². The molecular weight excluding hydrogens is 472 g/mol. The second kappa shape index (κ2) is 10.1. The number of fused-ring (bicyclic) bond motifs is 2. The number of nitrogens with one attached hydrogen (secondary N) is 2. The van der Waals surface area contributed by atoms with Gasteiger partial charge < -0.3 is 24.7 Å². The Bertz CT molecular complexity index is 1380. The van der Waals surface area contributed by atoms with E-state index in [1.807, 2.05) is 39.5 Å². The molecule has 0 unspecified atom stereocenters. The zero-order chi connectivity index (χ0) is 26.0. The van der Waals surface area contributed by atoms with Gasteiger partial charge in [-0.05, 0) is 66.0 Å². The van der Waals surface area contributed by atoms with Crippen LogP contribution in [0.4, 0.5) is 13.6 Å². The molecule has 10 nitrogen and oxygen atoms in total. The van der Waals surface area contributed by atoms with E-state index in [-0.39, 0.29) is 11.5 Å². The molecule has 0 saturated carbocycles. The van der Waals surface area contributed by atoms with Gasteiger partial charge in [-0.15, -0.1) is 0 Å². The molecule has 36 heavy (non-hydrogen) atoms. The van der Waals surface area contributed by atoms with E-state index in [0.717, 1.165) is 18.5 Å². The van der Waals surface area contributed by atoms with Crippen molar-refractivity contribution in [3.8, 4) is 22.9 Å². The van der Waals surface area contributed by atoms with Gasteiger partial charge in [-0.3, -0.25) is 4.68 Å². The minimum atomic E-state index is -2.95. The zero-order valence-corrected chi connectivity index (χ0v) is 20.8. The maximum Gasteiger partial charge on any atom is 0.413 e. The smallest absolute Gasteiger partial charge is 0.413 e. The fourth-order valence-electron chi connectivity index (χ4n) is 3.72. The standard InChI is InChI=1S/C24H29F2N7O3/c1-24(2,3)30-23(34)36-18-13-28-21-20(18)29-16(12-27-21)19-15-11-14(35-22(25)26)7-8-17(15)33(31-19)10-6-9-32(4)5/h7-8,11-13,22H,6,9-10H2,1-5H3,(H,27,28)(H,30,34). The van der Waals surface area contributed by atoms with Crippen LogP contribution in [0.3, 0.4) is 0 Å². The summed E-state index contributed by atoms with van der Waals surface area (Å²) in [5.41, 5.74) is 1.89. The summed E-state index contributed by atoms with van der Waals surface area (Å²) in [6, 6.07) is 4.71. The first-order valence-corrected chi connectivity index (χ1v) is 11.4. The molecule has 1 amide bonds. The molecule has 4 rings (SSSR count). The van der Waals surface area contributed by atoms with Gasteiger partial charge in [0.2, 0.25) is 0 Å². The van der Waals surface area contributed by atoms with E-state index in [4.69, 9.17) is 9.84 Å². The highest BCUT2D eigenvalue weighted by atomic mass is 19.3. The van der Waals surface area contributed by atoms with Crippen molar-refractivity contribution in [2.24, 2.45) is 0 Å². The van der Waals surface area contributed by atoms with Crippen LogP contribution in [-0.2, 0) is 6.54 Å². The number of aromatic nitrogens is 5. The number of carbonyl (C=O) groups excluding carboxylic acids is 1. The fraction of sp³-hybridized carbons (Fsp3) is 0.417. The molecule has 0 aliphatic rings. The van der Waals surface area contributed by atoms with Gasteiger partial charge in [-0.25, -0.2) is 14.8 Å². The molecule has 0 saturated heterocycles. The number of alkyl halides is 2. The first kappa shape index (κ1) is 25.3. The van der Waals surface area contributed by atoms with Crippen LogP contribution in [-0.4, -0.2) is 68.5 Å². The van der Waals surface area contributed by atoms with Crippen LogP contribution < -0.4 is 14.8 Å². The van der Waals surface area contributed by atoms with E-state index in [0.29, 0.717) is 34.5 Å². The van der Waals surface area contributed by atoms with Gasteiger partial charge in [0.25, 0.3) is 0 Å². The van der Waals surface area contributed by atoms with Crippen molar-refractivity contribution >= 4 is 28.2 Å². The second-order valence-corrected chi connectivity index (χ2v) is 9.66. The molecule has 0 radical (unpaired) electrons. The fourth-order valence-corrected chi connectivity index (χ4v) is 3.72. The highest BCUT2D eigenvalue weighted by Gasteiger charge is 2.20. The average molecular weight is 502 g/mol. The Morgan fingerprint density at radius 1 is 1.28 bits per heavy atom. The lowest BCUT2D eigenvalue weighted by Gasteiger charge is -2.19. The van der Waals surface area contributed by atoms with Crippen molar-refractivity contribution in [2.45, 2.75) is 45.9 Å². The van der Waals surface area contributed by atoms with E-state index in [2.05, 4.69) is 29.9 Å². The lowest BCUT2D eigenvalue weighted by atomic mass is 10.1. The van der Waals surface area contributed by atoms with Crippen LogP contribution in [0.5, 0.6) is 11.5 Å². The number of rotatable bonds is 8. The van der Waals surface area contributed by atoms with E-state index < -0.39 is 18.2 Å². The van der Waals surface area contributed by atoms with Crippen molar-refractivity contribution in [1.82, 2.24) is 34.9 Å². The normalized spacial score (nSPS) is 12.1. The maximum absolute atomic E-state index is 12.9. The van der Waals surface area contributed by atoms with Crippen LogP contribution >= 0.6 is 0 Å². The number of benzene rings is 1. The Labute approximate surface area is 206 Å². The molecular formula is C24H29F2N7O3. The molecule has 3 aromatic heterocycles. The molecule has 4 aromatic rings. The molecule has 3 heterocycles. The first-order valence-electron chi connectivity index (χ1n) is 11.4.